The van der Waals surface area contributed by atoms with Crippen molar-refractivity contribution in [3.63, 3.8) is 0 Å². The van der Waals surface area contributed by atoms with E-state index in [1.807, 2.05) is 13.2 Å². The fourth-order valence-corrected chi connectivity index (χ4v) is 2.43. The molecule has 124 valence electrons. The summed E-state index contributed by atoms with van der Waals surface area (Å²) in [7, 11) is 0. The van der Waals surface area contributed by atoms with Crippen molar-refractivity contribution in [1.29, 1.82) is 0 Å². The molecule has 0 unspecified atom stereocenters. The molecule has 2 heterocycles. The number of carbonyl (C=O) groups excluding carboxylic acids is 1. The van der Waals surface area contributed by atoms with Gasteiger partial charge < -0.3 is 10.6 Å². The van der Waals surface area contributed by atoms with Crippen LogP contribution in [0, 0.1) is 0 Å². The lowest BCUT2D eigenvalue weighted by atomic mass is 10.3. The van der Waals surface area contributed by atoms with Crippen LogP contribution in [0.3, 0.4) is 0 Å². The number of fused-ring (bicyclic) bond motifs is 1. The molecular formula is C15H22N6OS. The lowest BCUT2D eigenvalue weighted by Crippen LogP contribution is -2.25. The molecule has 0 atom stereocenters. The number of amides is 1. The van der Waals surface area contributed by atoms with Crippen molar-refractivity contribution < 1.29 is 4.79 Å². The van der Waals surface area contributed by atoms with E-state index < -0.39 is 0 Å². The maximum atomic E-state index is 11.4. The number of hydrogen-bond acceptors (Lipinski definition) is 6. The van der Waals surface area contributed by atoms with Gasteiger partial charge in [0.15, 0.2) is 10.8 Å². The molecule has 7 nitrogen and oxygen atoms in total. The summed E-state index contributed by atoms with van der Waals surface area (Å²) in [5, 5.41) is 12.1. The van der Waals surface area contributed by atoms with E-state index >= 15 is 0 Å². The number of anilines is 1. The minimum absolute atomic E-state index is 0.106. The van der Waals surface area contributed by atoms with E-state index in [0.29, 0.717) is 18.2 Å². The van der Waals surface area contributed by atoms with Gasteiger partial charge in [-0.1, -0.05) is 17.8 Å². The second kappa shape index (κ2) is 7.96. The summed E-state index contributed by atoms with van der Waals surface area (Å²) in [6.07, 6.45) is 6.91. The van der Waals surface area contributed by atoms with Gasteiger partial charge in [-0.05, 0) is 33.1 Å². The van der Waals surface area contributed by atoms with Gasteiger partial charge >= 0.3 is 0 Å². The summed E-state index contributed by atoms with van der Waals surface area (Å²) in [5.74, 6) is 0.684. The SMILES string of the molecule is C/C=C\C(=O)NCCn1ncc2c(NC(C)C)nc(SC)nc21. The van der Waals surface area contributed by atoms with Gasteiger partial charge in [0.25, 0.3) is 0 Å². The van der Waals surface area contributed by atoms with Gasteiger partial charge in [0.2, 0.25) is 5.91 Å². The molecule has 2 rings (SSSR count). The molecule has 0 aliphatic rings. The Hall–Kier alpha value is -2.09. The summed E-state index contributed by atoms with van der Waals surface area (Å²) < 4.78 is 1.79. The van der Waals surface area contributed by atoms with Crippen LogP contribution in [0.15, 0.2) is 23.5 Å². The zero-order valence-corrected chi connectivity index (χ0v) is 14.6. The fraction of sp³-hybridized carbons (Fsp3) is 0.467. The quantitative estimate of drug-likeness (QED) is 0.458. The average molecular weight is 334 g/mol. The van der Waals surface area contributed by atoms with Crippen LogP contribution in [0.1, 0.15) is 20.8 Å². The van der Waals surface area contributed by atoms with Gasteiger partial charge in [-0.25, -0.2) is 14.6 Å². The molecule has 0 aliphatic carbocycles. The van der Waals surface area contributed by atoms with Crippen molar-refractivity contribution in [3.05, 3.63) is 18.3 Å². The molecule has 8 heteroatoms. The van der Waals surface area contributed by atoms with Crippen LogP contribution < -0.4 is 10.6 Å². The van der Waals surface area contributed by atoms with E-state index in [2.05, 4.69) is 39.5 Å². The second-order valence-electron chi connectivity index (χ2n) is 5.25. The maximum Gasteiger partial charge on any atom is 0.243 e. The van der Waals surface area contributed by atoms with Gasteiger partial charge in [0.05, 0.1) is 18.1 Å². The van der Waals surface area contributed by atoms with Crippen LogP contribution in [0.25, 0.3) is 11.0 Å². The number of aromatic nitrogens is 4. The summed E-state index contributed by atoms with van der Waals surface area (Å²) in [5.41, 5.74) is 0.771. The minimum Gasteiger partial charge on any atom is -0.367 e. The van der Waals surface area contributed by atoms with Crippen LogP contribution in [-0.4, -0.2) is 44.5 Å². The molecule has 0 aliphatic heterocycles. The molecule has 23 heavy (non-hydrogen) atoms. The largest absolute Gasteiger partial charge is 0.367 e. The topological polar surface area (TPSA) is 84.7 Å². The van der Waals surface area contributed by atoms with Gasteiger partial charge in [-0.2, -0.15) is 5.10 Å². The maximum absolute atomic E-state index is 11.4. The van der Waals surface area contributed by atoms with Gasteiger partial charge in [-0.3, -0.25) is 4.79 Å². The average Bonchev–Trinajstić information content (AvgIpc) is 2.90. The molecular weight excluding hydrogens is 312 g/mol. The fourth-order valence-electron chi connectivity index (χ4n) is 2.07. The van der Waals surface area contributed by atoms with E-state index in [9.17, 15) is 4.79 Å². The van der Waals surface area contributed by atoms with Crippen molar-refractivity contribution in [2.45, 2.75) is 38.5 Å². The third-order valence-electron chi connectivity index (χ3n) is 3.02. The molecule has 0 saturated carbocycles. The Balaban J connectivity index is 2.22. The van der Waals surface area contributed by atoms with E-state index in [1.54, 1.807) is 17.0 Å². The number of nitrogens with zero attached hydrogens (tertiary/aromatic N) is 4. The standard InChI is InChI=1S/C15H22N6OS/c1-5-6-12(22)16-7-8-21-14-11(9-17-21)13(18-10(2)3)19-15(20-14)23-4/h5-6,9-10H,7-8H2,1-4H3,(H,16,22)(H,18,19,20)/b6-5-. The van der Waals surface area contributed by atoms with Crippen LogP contribution in [-0.2, 0) is 11.3 Å². The molecule has 0 fully saturated rings. The number of nitrogens with one attached hydrogen (secondary N) is 2. The van der Waals surface area contributed by atoms with E-state index in [0.717, 1.165) is 16.9 Å². The number of carbonyl (C=O) groups is 1. The number of allylic oxidation sites excluding steroid dienone is 1. The number of hydrogen-bond donors (Lipinski definition) is 2. The zero-order chi connectivity index (χ0) is 16.8. The van der Waals surface area contributed by atoms with Crippen LogP contribution in [0.5, 0.6) is 0 Å². The Labute approximate surface area is 140 Å². The monoisotopic (exact) mass is 334 g/mol. The van der Waals surface area contributed by atoms with Gasteiger partial charge in [-0.15, -0.1) is 0 Å². The highest BCUT2D eigenvalue weighted by Gasteiger charge is 2.13. The first-order chi connectivity index (χ1) is 11.0. The van der Waals surface area contributed by atoms with Crippen molar-refractivity contribution in [3.8, 4) is 0 Å². The Morgan fingerprint density at radius 2 is 2.22 bits per heavy atom. The van der Waals surface area contributed by atoms with Crippen LogP contribution in [0.2, 0.25) is 0 Å². The highest BCUT2D eigenvalue weighted by atomic mass is 32.2. The normalized spacial score (nSPS) is 11.5. The molecule has 0 spiro atoms. The first kappa shape index (κ1) is 17.3. The first-order valence-electron chi connectivity index (χ1n) is 7.49. The van der Waals surface area contributed by atoms with Crippen LogP contribution in [0.4, 0.5) is 5.82 Å². The van der Waals surface area contributed by atoms with E-state index in [1.165, 1.54) is 17.8 Å². The predicted octanol–water partition coefficient (Wildman–Crippen LogP) is 2.06. The summed E-state index contributed by atoms with van der Waals surface area (Å²) >= 11 is 1.49. The molecule has 2 aromatic rings. The first-order valence-corrected chi connectivity index (χ1v) is 8.72. The summed E-state index contributed by atoms with van der Waals surface area (Å²) in [4.78, 5) is 20.5. The minimum atomic E-state index is -0.106. The van der Waals surface area contributed by atoms with Crippen molar-refractivity contribution in [2.24, 2.45) is 0 Å². The molecule has 2 aromatic heterocycles. The van der Waals surface area contributed by atoms with Crippen molar-refractivity contribution in [1.82, 2.24) is 25.1 Å². The molecule has 0 bridgehead atoms. The lowest BCUT2D eigenvalue weighted by molar-refractivity contribution is -0.116. The number of thioether (sulfide) groups is 1. The van der Waals surface area contributed by atoms with Crippen LogP contribution >= 0.6 is 11.8 Å². The van der Waals surface area contributed by atoms with Crippen molar-refractivity contribution in [2.75, 3.05) is 18.1 Å². The Kier molecular flexibility index (Phi) is 5.97. The van der Waals surface area contributed by atoms with E-state index in [-0.39, 0.29) is 11.9 Å². The Bertz CT molecular complexity index is 709. The second-order valence-corrected chi connectivity index (χ2v) is 6.03. The highest BCUT2D eigenvalue weighted by molar-refractivity contribution is 7.98. The molecule has 2 N–H and O–H groups in total. The van der Waals surface area contributed by atoms with Gasteiger partial charge in [0.1, 0.15) is 5.82 Å². The molecule has 0 aromatic carbocycles. The Morgan fingerprint density at radius 3 is 2.87 bits per heavy atom. The summed E-state index contributed by atoms with van der Waals surface area (Å²) in [6, 6.07) is 0.270. The smallest absolute Gasteiger partial charge is 0.243 e. The molecule has 0 saturated heterocycles. The predicted molar refractivity (Wildman–Crippen MR) is 93.7 cm³/mol. The summed E-state index contributed by atoms with van der Waals surface area (Å²) in [6.45, 7) is 6.98. The third-order valence-corrected chi connectivity index (χ3v) is 3.57. The van der Waals surface area contributed by atoms with Crippen molar-refractivity contribution >= 4 is 34.5 Å². The van der Waals surface area contributed by atoms with E-state index in [4.69, 9.17) is 0 Å². The Morgan fingerprint density at radius 1 is 1.43 bits per heavy atom. The molecule has 1 amide bonds. The lowest BCUT2D eigenvalue weighted by Gasteiger charge is -2.11. The van der Waals surface area contributed by atoms with Gasteiger partial charge in [0, 0.05) is 12.6 Å². The highest BCUT2D eigenvalue weighted by Crippen LogP contribution is 2.23. The molecule has 0 radical (unpaired) electrons. The third kappa shape index (κ3) is 4.44. The zero-order valence-electron chi connectivity index (χ0n) is 13.8. The number of rotatable bonds is 7.